The van der Waals surface area contributed by atoms with Crippen molar-refractivity contribution in [2.75, 3.05) is 20.3 Å². The van der Waals surface area contributed by atoms with Crippen LogP contribution in [0.25, 0.3) is 22.0 Å². The Hall–Kier alpha value is -3.39. The van der Waals surface area contributed by atoms with Crippen molar-refractivity contribution in [3.63, 3.8) is 0 Å². The summed E-state index contributed by atoms with van der Waals surface area (Å²) in [6, 6.07) is 10.3. The number of amides is 1. The Labute approximate surface area is 173 Å². The lowest BCUT2D eigenvalue weighted by atomic mass is 10.1. The number of hydrogen-bond donors (Lipinski definition) is 1. The van der Waals surface area contributed by atoms with Gasteiger partial charge >= 0.3 is 0 Å². The smallest absolute Gasteiger partial charge is 0.265 e. The molecular weight excluding hydrogens is 384 g/mol. The number of para-hydroxylation sites is 1. The number of hydrogen-bond acceptors (Lipinski definition) is 5. The van der Waals surface area contributed by atoms with Gasteiger partial charge in [0.2, 0.25) is 5.71 Å². The zero-order valence-electron chi connectivity index (χ0n) is 17.1. The van der Waals surface area contributed by atoms with Gasteiger partial charge in [0.1, 0.15) is 17.5 Å². The first-order valence-electron chi connectivity index (χ1n) is 9.89. The van der Waals surface area contributed by atoms with Gasteiger partial charge in [0.25, 0.3) is 11.5 Å². The molecule has 0 aliphatic carbocycles. The molecule has 0 unspecified atom stereocenters. The second kappa shape index (κ2) is 8.54. The molecule has 3 aromatic heterocycles. The molecule has 8 nitrogen and oxygen atoms in total. The van der Waals surface area contributed by atoms with Crippen molar-refractivity contribution in [3.8, 4) is 0 Å². The number of nitrogens with one attached hydrogen (secondary N) is 1. The number of aromatic nitrogens is 3. The first kappa shape index (κ1) is 19.9. The van der Waals surface area contributed by atoms with E-state index in [-0.39, 0.29) is 28.1 Å². The number of fused-ring (bicyclic) bond motifs is 2. The Balaban J connectivity index is 1.46. The molecule has 0 aliphatic heterocycles. The summed E-state index contributed by atoms with van der Waals surface area (Å²) in [5, 5.41) is 4.31. The fourth-order valence-electron chi connectivity index (χ4n) is 3.64. The zero-order chi connectivity index (χ0) is 21.1. The number of aryl methyl sites for hydroxylation is 2. The third-order valence-corrected chi connectivity index (χ3v) is 5.16. The molecule has 156 valence electrons. The first-order valence-corrected chi connectivity index (χ1v) is 9.89. The molecule has 0 fully saturated rings. The van der Waals surface area contributed by atoms with E-state index in [0.717, 1.165) is 13.0 Å². The largest absolute Gasteiger partial charge is 0.442 e. The van der Waals surface area contributed by atoms with E-state index in [4.69, 9.17) is 9.15 Å². The molecule has 1 N–H and O–H groups in total. The highest BCUT2D eigenvalue weighted by Crippen LogP contribution is 2.21. The SMILES string of the molecule is COCCn1cnc2oc(C)c(C(=O)NCCCn3ccc4ccccc43)c2c1=O. The topological polar surface area (TPSA) is 91.3 Å². The van der Waals surface area contributed by atoms with Gasteiger partial charge in [-0.3, -0.25) is 14.2 Å². The predicted octanol–water partition coefficient (Wildman–Crippen LogP) is 2.72. The average Bonchev–Trinajstić information content (AvgIpc) is 3.31. The summed E-state index contributed by atoms with van der Waals surface area (Å²) in [6.45, 7) is 3.66. The number of furan rings is 1. The van der Waals surface area contributed by atoms with Crippen molar-refractivity contribution in [2.24, 2.45) is 0 Å². The molecule has 3 heterocycles. The monoisotopic (exact) mass is 408 g/mol. The van der Waals surface area contributed by atoms with Crippen LogP contribution in [0.3, 0.4) is 0 Å². The van der Waals surface area contributed by atoms with E-state index in [0.29, 0.717) is 25.5 Å². The van der Waals surface area contributed by atoms with E-state index in [1.165, 1.54) is 21.8 Å². The van der Waals surface area contributed by atoms with Gasteiger partial charge in [0, 0.05) is 31.9 Å². The van der Waals surface area contributed by atoms with Crippen molar-refractivity contribution in [2.45, 2.75) is 26.4 Å². The molecule has 1 aromatic carbocycles. The maximum atomic E-state index is 12.8. The number of methoxy groups -OCH3 is 1. The maximum Gasteiger partial charge on any atom is 0.265 e. The number of nitrogens with zero attached hydrogens (tertiary/aromatic N) is 3. The van der Waals surface area contributed by atoms with Crippen LogP contribution in [0, 0.1) is 6.92 Å². The van der Waals surface area contributed by atoms with Gasteiger partial charge in [-0.1, -0.05) is 18.2 Å². The van der Waals surface area contributed by atoms with E-state index >= 15 is 0 Å². The van der Waals surface area contributed by atoms with E-state index in [9.17, 15) is 9.59 Å². The third-order valence-electron chi connectivity index (χ3n) is 5.16. The van der Waals surface area contributed by atoms with Crippen molar-refractivity contribution >= 4 is 27.9 Å². The van der Waals surface area contributed by atoms with Crippen LogP contribution in [0.2, 0.25) is 0 Å². The molecule has 0 radical (unpaired) electrons. The van der Waals surface area contributed by atoms with Crippen LogP contribution < -0.4 is 10.9 Å². The Morgan fingerprint density at radius 3 is 2.87 bits per heavy atom. The summed E-state index contributed by atoms with van der Waals surface area (Å²) in [6.07, 6.45) is 4.22. The highest BCUT2D eigenvalue weighted by molar-refractivity contribution is 6.06. The fraction of sp³-hybridized carbons (Fsp3) is 0.318. The molecule has 0 bridgehead atoms. The lowest BCUT2D eigenvalue weighted by Crippen LogP contribution is -2.28. The van der Waals surface area contributed by atoms with Crippen LogP contribution in [0.1, 0.15) is 22.5 Å². The molecule has 4 aromatic rings. The quantitative estimate of drug-likeness (QED) is 0.453. The van der Waals surface area contributed by atoms with Crippen molar-refractivity contribution in [3.05, 3.63) is 64.5 Å². The number of rotatable bonds is 8. The van der Waals surface area contributed by atoms with Crippen LogP contribution in [0.5, 0.6) is 0 Å². The summed E-state index contributed by atoms with van der Waals surface area (Å²) >= 11 is 0. The second-order valence-corrected chi connectivity index (χ2v) is 7.13. The van der Waals surface area contributed by atoms with Crippen LogP contribution in [0.4, 0.5) is 0 Å². The van der Waals surface area contributed by atoms with Crippen LogP contribution >= 0.6 is 0 Å². The highest BCUT2D eigenvalue weighted by Gasteiger charge is 2.22. The molecule has 4 rings (SSSR count). The molecule has 0 saturated heterocycles. The fourth-order valence-corrected chi connectivity index (χ4v) is 3.64. The summed E-state index contributed by atoms with van der Waals surface area (Å²) in [5.74, 6) is 0.0556. The molecule has 8 heteroatoms. The Morgan fingerprint density at radius 1 is 1.20 bits per heavy atom. The average molecular weight is 408 g/mol. The lowest BCUT2D eigenvalue weighted by Gasteiger charge is -2.08. The van der Waals surface area contributed by atoms with Gasteiger partial charge in [0.05, 0.1) is 18.7 Å². The van der Waals surface area contributed by atoms with Crippen LogP contribution in [-0.4, -0.2) is 40.3 Å². The molecule has 1 amide bonds. The third kappa shape index (κ3) is 3.73. The van der Waals surface area contributed by atoms with Gasteiger partial charge in [-0.2, -0.15) is 0 Å². The van der Waals surface area contributed by atoms with Gasteiger partial charge in [-0.25, -0.2) is 4.98 Å². The molecular formula is C22H24N4O4. The maximum absolute atomic E-state index is 12.8. The van der Waals surface area contributed by atoms with Crippen LogP contribution in [0.15, 0.2) is 52.1 Å². The number of ether oxygens (including phenoxy) is 1. The van der Waals surface area contributed by atoms with E-state index in [2.05, 4.69) is 33.1 Å². The Bertz CT molecular complexity index is 1250. The van der Waals surface area contributed by atoms with Crippen molar-refractivity contribution < 1.29 is 13.9 Å². The Morgan fingerprint density at radius 2 is 2.03 bits per heavy atom. The number of benzene rings is 1. The van der Waals surface area contributed by atoms with Crippen molar-refractivity contribution in [1.29, 1.82) is 0 Å². The normalized spacial score (nSPS) is 11.4. The highest BCUT2D eigenvalue weighted by atomic mass is 16.5. The van der Waals surface area contributed by atoms with Crippen LogP contribution in [-0.2, 0) is 17.8 Å². The molecule has 0 aliphatic rings. The number of carbonyl (C=O) groups is 1. The Kier molecular flexibility index (Phi) is 5.67. The summed E-state index contributed by atoms with van der Waals surface area (Å²) < 4.78 is 14.2. The van der Waals surface area contributed by atoms with Gasteiger partial charge < -0.3 is 19.0 Å². The van der Waals surface area contributed by atoms with Gasteiger partial charge in [-0.05, 0) is 30.9 Å². The minimum Gasteiger partial charge on any atom is -0.442 e. The predicted molar refractivity (Wildman–Crippen MR) is 114 cm³/mol. The first-order chi connectivity index (χ1) is 14.6. The van der Waals surface area contributed by atoms with Crippen molar-refractivity contribution in [1.82, 2.24) is 19.4 Å². The molecule has 30 heavy (non-hydrogen) atoms. The lowest BCUT2D eigenvalue weighted by molar-refractivity contribution is 0.0952. The summed E-state index contributed by atoms with van der Waals surface area (Å²) in [5.41, 5.74) is 1.29. The van der Waals surface area contributed by atoms with E-state index < -0.39 is 0 Å². The van der Waals surface area contributed by atoms with Gasteiger partial charge in [0.15, 0.2) is 0 Å². The second-order valence-electron chi connectivity index (χ2n) is 7.13. The minimum atomic E-state index is -0.327. The van der Waals surface area contributed by atoms with E-state index in [1.807, 2.05) is 18.3 Å². The number of carbonyl (C=O) groups excluding carboxylic acids is 1. The summed E-state index contributed by atoms with van der Waals surface area (Å²) in [7, 11) is 1.56. The minimum absolute atomic E-state index is 0.176. The molecule has 0 saturated carbocycles. The standard InChI is InChI=1S/C22H24N4O4/c1-15-18(19-21(30-15)24-14-26(22(19)28)12-13-29-2)20(27)23-9-5-10-25-11-8-16-6-3-4-7-17(16)25/h3-4,6-8,11,14H,5,9-10,12-13H2,1-2H3,(H,23,27). The molecule has 0 atom stereocenters. The van der Waals surface area contributed by atoms with E-state index in [1.54, 1.807) is 14.0 Å². The zero-order valence-corrected chi connectivity index (χ0v) is 17.1. The molecule has 0 spiro atoms. The summed E-state index contributed by atoms with van der Waals surface area (Å²) in [4.78, 5) is 29.8. The van der Waals surface area contributed by atoms with Gasteiger partial charge in [-0.15, -0.1) is 0 Å².